The Bertz CT molecular complexity index is 386. The Hall–Kier alpha value is -0.580. The summed E-state index contributed by atoms with van der Waals surface area (Å²) in [5.41, 5.74) is 0.158. The molecule has 0 aliphatic heterocycles. The number of likely N-dealkylation sites (N-methyl/N-ethyl adjacent to an activating group) is 1. The average molecular weight is 303 g/mol. The van der Waals surface area contributed by atoms with E-state index in [1.165, 1.54) is 43.4 Å². The second-order valence-corrected chi connectivity index (χ2v) is 6.29. The minimum absolute atomic E-state index is 0. The zero-order valence-electron chi connectivity index (χ0n) is 11.6. The summed E-state index contributed by atoms with van der Waals surface area (Å²) in [6, 6.07) is 3.80. The van der Waals surface area contributed by atoms with Gasteiger partial charge >= 0.3 is 0 Å². The van der Waals surface area contributed by atoms with Gasteiger partial charge in [0.25, 0.3) is 5.91 Å². The molecular weight excluding hydrogens is 280 g/mol. The van der Waals surface area contributed by atoms with Gasteiger partial charge < -0.3 is 10.2 Å². The largest absolute Gasteiger partial charge is 0.349 e. The molecule has 0 atom stereocenters. The number of rotatable bonds is 4. The van der Waals surface area contributed by atoms with Crippen molar-refractivity contribution in [2.75, 3.05) is 20.6 Å². The molecular formula is C14H23ClN2OS. The molecule has 108 valence electrons. The number of nitrogens with one attached hydrogen (secondary N) is 1. The Morgan fingerprint density at radius 3 is 2.58 bits per heavy atom. The van der Waals surface area contributed by atoms with E-state index in [2.05, 4.69) is 24.3 Å². The zero-order valence-corrected chi connectivity index (χ0v) is 13.3. The number of carbonyl (C=O) groups excluding carboxylic acids is 1. The van der Waals surface area contributed by atoms with Crippen LogP contribution in [0.3, 0.4) is 0 Å². The molecule has 1 amide bonds. The predicted octanol–water partition coefficient (Wildman–Crippen LogP) is 3.16. The highest BCUT2D eigenvalue weighted by molar-refractivity contribution is 7.12. The van der Waals surface area contributed by atoms with Gasteiger partial charge in [0, 0.05) is 12.1 Å². The molecule has 1 fully saturated rings. The van der Waals surface area contributed by atoms with E-state index in [4.69, 9.17) is 0 Å². The van der Waals surface area contributed by atoms with Gasteiger partial charge in [-0.25, -0.2) is 0 Å². The van der Waals surface area contributed by atoms with Crippen molar-refractivity contribution in [2.45, 2.75) is 37.6 Å². The maximum Gasteiger partial charge on any atom is 0.261 e. The minimum atomic E-state index is 0. The van der Waals surface area contributed by atoms with Crippen molar-refractivity contribution in [1.29, 1.82) is 0 Å². The van der Waals surface area contributed by atoms with Crippen molar-refractivity contribution in [3.05, 3.63) is 22.4 Å². The second-order valence-electron chi connectivity index (χ2n) is 5.34. The first-order valence-electron chi connectivity index (χ1n) is 6.63. The number of nitrogens with zero attached hydrogens (tertiary/aromatic N) is 1. The van der Waals surface area contributed by atoms with Crippen molar-refractivity contribution in [1.82, 2.24) is 10.2 Å². The fourth-order valence-corrected chi connectivity index (χ4v) is 3.37. The number of hydrogen-bond donors (Lipinski definition) is 1. The molecule has 1 aliphatic rings. The molecule has 0 radical (unpaired) electrons. The summed E-state index contributed by atoms with van der Waals surface area (Å²) in [7, 11) is 4.26. The Balaban J connectivity index is 0.00000180. The molecule has 1 N–H and O–H groups in total. The summed E-state index contributed by atoms with van der Waals surface area (Å²) >= 11 is 1.50. The van der Waals surface area contributed by atoms with Gasteiger partial charge in [-0.15, -0.1) is 23.7 Å². The van der Waals surface area contributed by atoms with Crippen molar-refractivity contribution in [2.24, 2.45) is 0 Å². The lowest BCUT2D eigenvalue weighted by molar-refractivity contribution is 0.0802. The minimum Gasteiger partial charge on any atom is -0.349 e. The van der Waals surface area contributed by atoms with E-state index in [0.29, 0.717) is 0 Å². The van der Waals surface area contributed by atoms with Gasteiger partial charge in [0.1, 0.15) is 0 Å². The Morgan fingerprint density at radius 1 is 1.37 bits per heavy atom. The average Bonchev–Trinajstić information content (AvgIpc) is 2.91. The molecule has 19 heavy (non-hydrogen) atoms. The second kappa shape index (κ2) is 7.27. The SMILES string of the molecule is CN(C)C1(CNC(=O)c2cccs2)CCCCC1.Cl. The van der Waals surface area contributed by atoms with E-state index in [0.717, 1.165) is 11.4 Å². The molecule has 1 aromatic heterocycles. The van der Waals surface area contributed by atoms with Crippen LogP contribution in [0.4, 0.5) is 0 Å². The number of halogens is 1. The van der Waals surface area contributed by atoms with E-state index in [-0.39, 0.29) is 23.9 Å². The number of carbonyl (C=O) groups is 1. The van der Waals surface area contributed by atoms with Crippen LogP contribution in [0, 0.1) is 0 Å². The number of hydrogen-bond acceptors (Lipinski definition) is 3. The maximum atomic E-state index is 12.0. The van der Waals surface area contributed by atoms with Gasteiger partial charge in [0.05, 0.1) is 4.88 Å². The standard InChI is InChI=1S/C14H22N2OS.ClH/c1-16(2)14(8-4-3-5-9-14)11-15-13(17)12-7-6-10-18-12;/h6-7,10H,3-5,8-9,11H2,1-2H3,(H,15,17);1H. The first kappa shape index (κ1) is 16.5. The molecule has 1 heterocycles. The summed E-state index contributed by atoms with van der Waals surface area (Å²) < 4.78 is 0. The van der Waals surface area contributed by atoms with Crippen molar-refractivity contribution < 1.29 is 4.79 Å². The monoisotopic (exact) mass is 302 g/mol. The lowest BCUT2D eigenvalue weighted by Crippen LogP contribution is -2.53. The lowest BCUT2D eigenvalue weighted by atomic mass is 9.80. The first-order chi connectivity index (χ1) is 8.64. The fourth-order valence-electron chi connectivity index (χ4n) is 2.73. The number of thiophene rings is 1. The van der Waals surface area contributed by atoms with E-state index in [1.54, 1.807) is 0 Å². The third-order valence-electron chi connectivity index (χ3n) is 4.06. The quantitative estimate of drug-likeness (QED) is 0.926. The van der Waals surface area contributed by atoms with Crippen LogP contribution in [0.5, 0.6) is 0 Å². The molecule has 0 unspecified atom stereocenters. The number of amides is 1. The molecule has 1 saturated carbocycles. The lowest BCUT2D eigenvalue weighted by Gasteiger charge is -2.43. The molecule has 1 aliphatic carbocycles. The molecule has 3 nitrogen and oxygen atoms in total. The van der Waals surface area contributed by atoms with Crippen LogP contribution in [0.15, 0.2) is 17.5 Å². The Morgan fingerprint density at radius 2 is 2.05 bits per heavy atom. The van der Waals surface area contributed by atoms with Crippen LogP contribution in [0.2, 0.25) is 0 Å². The third-order valence-corrected chi connectivity index (χ3v) is 4.92. The summed E-state index contributed by atoms with van der Waals surface area (Å²) in [5, 5.41) is 5.05. The van der Waals surface area contributed by atoms with E-state index < -0.39 is 0 Å². The van der Waals surface area contributed by atoms with Gasteiger partial charge in [-0.05, 0) is 38.4 Å². The van der Waals surface area contributed by atoms with Crippen LogP contribution in [-0.2, 0) is 0 Å². The van der Waals surface area contributed by atoms with Gasteiger partial charge in [-0.2, -0.15) is 0 Å². The first-order valence-corrected chi connectivity index (χ1v) is 7.51. The molecule has 0 spiro atoms. The van der Waals surface area contributed by atoms with Gasteiger partial charge in [0.15, 0.2) is 0 Å². The topological polar surface area (TPSA) is 32.3 Å². The molecule has 2 rings (SSSR count). The molecule has 0 saturated heterocycles. The summed E-state index contributed by atoms with van der Waals surface area (Å²) in [5.74, 6) is 0.0665. The smallest absolute Gasteiger partial charge is 0.261 e. The Kier molecular flexibility index (Phi) is 6.30. The van der Waals surface area contributed by atoms with Crippen molar-refractivity contribution in [3.8, 4) is 0 Å². The van der Waals surface area contributed by atoms with Crippen LogP contribution in [0.1, 0.15) is 41.8 Å². The molecule has 0 aromatic carbocycles. The van der Waals surface area contributed by atoms with Gasteiger partial charge in [-0.3, -0.25) is 4.79 Å². The third kappa shape index (κ3) is 3.94. The predicted molar refractivity (Wildman–Crippen MR) is 83.4 cm³/mol. The highest BCUT2D eigenvalue weighted by Gasteiger charge is 2.34. The van der Waals surface area contributed by atoms with Crippen LogP contribution >= 0.6 is 23.7 Å². The maximum absolute atomic E-state index is 12.0. The zero-order chi connectivity index (χ0) is 13.0. The highest BCUT2D eigenvalue weighted by atomic mass is 35.5. The fraction of sp³-hybridized carbons (Fsp3) is 0.643. The van der Waals surface area contributed by atoms with E-state index >= 15 is 0 Å². The van der Waals surface area contributed by atoms with Crippen molar-refractivity contribution in [3.63, 3.8) is 0 Å². The van der Waals surface area contributed by atoms with Crippen LogP contribution in [-0.4, -0.2) is 37.0 Å². The summed E-state index contributed by atoms with van der Waals surface area (Å²) in [4.78, 5) is 15.1. The molecule has 5 heteroatoms. The molecule has 1 aromatic rings. The van der Waals surface area contributed by atoms with E-state index in [1.807, 2.05) is 17.5 Å². The Labute approximate surface area is 125 Å². The van der Waals surface area contributed by atoms with Crippen LogP contribution in [0.25, 0.3) is 0 Å². The van der Waals surface area contributed by atoms with Crippen molar-refractivity contribution >= 4 is 29.7 Å². The highest BCUT2D eigenvalue weighted by Crippen LogP contribution is 2.31. The van der Waals surface area contributed by atoms with Crippen LogP contribution < -0.4 is 5.32 Å². The van der Waals surface area contributed by atoms with E-state index in [9.17, 15) is 4.79 Å². The normalized spacial score (nSPS) is 17.8. The van der Waals surface area contributed by atoms with Gasteiger partial charge in [0.2, 0.25) is 0 Å². The summed E-state index contributed by atoms with van der Waals surface area (Å²) in [6.07, 6.45) is 6.24. The summed E-state index contributed by atoms with van der Waals surface area (Å²) in [6.45, 7) is 0.761. The molecule has 0 bridgehead atoms. The van der Waals surface area contributed by atoms with Gasteiger partial charge in [-0.1, -0.05) is 25.3 Å².